The van der Waals surface area contributed by atoms with Crippen molar-refractivity contribution < 1.29 is 5.11 Å². The molecule has 15 heavy (non-hydrogen) atoms. The maximum absolute atomic E-state index is 9.58. The Labute approximate surface area is 94.8 Å². The van der Waals surface area contributed by atoms with Gasteiger partial charge in [-0.15, -0.1) is 6.58 Å². The van der Waals surface area contributed by atoms with E-state index in [-0.39, 0.29) is 6.10 Å². The number of rotatable bonds is 10. The first-order chi connectivity index (χ1) is 7.16. The molecule has 0 saturated heterocycles. The van der Waals surface area contributed by atoms with Crippen LogP contribution in [0, 0.1) is 5.92 Å². The first-order valence-corrected chi connectivity index (χ1v) is 6.16. The Morgan fingerprint density at radius 1 is 1.27 bits per heavy atom. The van der Waals surface area contributed by atoms with Crippen molar-refractivity contribution in [2.75, 3.05) is 13.1 Å². The van der Waals surface area contributed by atoms with Crippen LogP contribution in [0.25, 0.3) is 0 Å². The second-order valence-corrected chi connectivity index (χ2v) is 4.63. The molecule has 0 radical (unpaired) electrons. The summed E-state index contributed by atoms with van der Waals surface area (Å²) in [6.07, 6.45) is 7.48. The van der Waals surface area contributed by atoms with Crippen LogP contribution in [0.4, 0.5) is 0 Å². The van der Waals surface area contributed by atoms with Crippen LogP contribution in [-0.2, 0) is 0 Å². The van der Waals surface area contributed by atoms with Gasteiger partial charge >= 0.3 is 0 Å². The Kier molecular flexibility index (Phi) is 9.96. The second-order valence-electron chi connectivity index (χ2n) is 4.63. The van der Waals surface area contributed by atoms with Crippen molar-refractivity contribution in [3.05, 3.63) is 12.7 Å². The van der Waals surface area contributed by atoms with Gasteiger partial charge in [-0.2, -0.15) is 0 Å². The predicted molar refractivity (Wildman–Crippen MR) is 67.0 cm³/mol. The molecule has 0 aliphatic heterocycles. The maximum Gasteiger partial charge on any atom is 0.0667 e. The van der Waals surface area contributed by atoms with E-state index in [0.29, 0.717) is 5.92 Å². The van der Waals surface area contributed by atoms with Crippen molar-refractivity contribution in [3.63, 3.8) is 0 Å². The fraction of sp³-hybridized carbons (Fsp3) is 0.846. The lowest BCUT2D eigenvalue weighted by molar-refractivity contribution is 0.146. The molecule has 0 aromatic carbocycles. The number of allylic oxidation sites excluding steroid dienone is 1. The van der Waals surface area contributed by atoms with Crippen molar-refractivity contribution in [1.82, 2.24) is 5.32 Å². The minimum atomic E-state index is -0.182. The SMILES string of the molecule is C=CCCCCCNCC(O)CC(C)C. The summed E-state index contributed by atoms with van der Waals surface area (Å²) in [5.41, 5.74) is 0. The molecule has 0 amide bonds. The minimum absolute atomic E-state index is 0.182. The van der Waals surface area contributed by atoms with E-state index >= 15 is 0 Å². The zero-order valence-electron chi connectivity index (χ0n) is 10.3. The monoisotopic (exact) mass is 213 g/mol. The topological polar surface area (TPSA) is 32.3 Å². The summed E-state index contributed by atoms with van der Waals surface area (Å²) in [5, 5.41) is 12.9. The van der Waals surface area contributed by atoms with Gasteiger partial charge in [-0.25, -0.2) is 0 Å². The van der Waals surface area contributed by atoms with E-state index in [1.807, 2.05) is 6.08 Å². The molecule has 0 fully saturated rings. The van der Waals surface area contributed by atoms with Gasteiger partial charge in [-0.3, -0.25) is 0 Å². The van der Waals surface area contributed by atoms with Crippen LogP contribution >= 0.6 is 0 Å². The summed E-state index contributed by atoms with van der Waals surface area (Å²) in [4.78, 5) is 0. The number of nitrogens with one attached hydrogen (secondary N) is 1. The lowest BCUT2D eigenvalue weighted by Gasteiger charge is -2.13. The van der Waals surface area contributed by atoms with Crippen LogP contribution in [0.15, 0.2) is 12.7 Å². The molecule has 0 bridgehead atoms. The van der Waals surface area contributed by atoms with Crippen LogP contribution in [0.5, 0.6) is 0 Å². The molecule has 2 N–H and O–H groups in total. The van der Waals surface area contributed by atoms with Crippen LogP contribution in [0.2, 0.25) is 0 Å². The molecule has 1 unspecified atom stereocenters. The average Bonchev–Trinajstić information content (AvgIpc) is 2.15. The Bertz CT molecular complexity index is 145. The summed E-state index contributed by atoms with van der Waals surface area (Å²) < 4.78 is 0. The molecule has 0 aliphatic rings. The Balaban J connectivity index is 3.12. The van der Waals surface area contributed by atoms with Gasteiger partial charge < -0.3 is 10.4 Å². The van der Waals surface area contributed by atoms with Crippen molar-refractivity contribution in [2.24, 2.45) is 5.92 Å². The largest absolute Gasteiger partial charge is 0.392 e. The molecule has 0 rings (SSSR count). The molecule has 2 heteroatoms. The third-order valence-corrected chi connectivity index (χ3v) is 2.39. The van der Waals surface area contributed by atoms with E-state index in [1.54, 1.807) is 0 Å². The molecular formula is C13H27NO. The van der Waals surface area contributed by atoms with Crippen LogP contribution in [-0.4, -0.2) is 24.3 Å². The maximum atomic E-state index is 9.58. The fourth-order valence-electron chi connectivity index (χ4n) is 1.61. The molecule has 0 aliphatic carbocycles. The van der Waals surface area contributed by atoms with Gasteiger partial charge in [0.2, 0.25) is 0 Å². The van der Waals surface area contributed by atoms with Gasteiger partial charge in [0.15, 0.2) is 0 Å². The Morgan fingerprint density at radius 3 is 2.60 bits per heavy atom. The van der Waals surface area contributed by atoms with E-state index in [1.165, 1.54) is 19.3 Å². The van der Waals surface area contributed by atoms with Gasteiger partial charge in [-0.05, 0) is 38.1 Å². The number of aliphatic hydroxyl groups excluding tert-OH is 1. The van der Waals surface area contributed by atoms with E-state index in [0.717, 1.165) is 25.9 Å². The first-order valence-electron chi connectivity index (χ1n) is 6.16. The highest BCUT2D eigenvalue weighted by Crippen LogP contribution is 2.03. The van der Waals surface area contributed by atoms with E-state index in [4.69, 9.17) is 0 Å². The molecule has 1 atom stereocenters. The molecule has 0 aromatic heterocycles. The Hall–Kier alpha value is -0.340. The molecule has 0 heterocycles. The third-order valence-electron chi connectivity index (χ3n) is 2.39. The smallest absolute Gasteiger partial charge is 0.0667 e. The zero-order valence-corrected chi connectivity index (χ0v) is 10.3. The van der Waals surface area contributed by atoms with Gasteiger partial charge in [0.05, 0.1) is 6.10 Å². The lowest BCUT2D eigenvalue weighted by Crippen LogP contribution is -2.28. The highest BCUT2D eigenvalue weighted by atomic mass is 16.3. The molecular weight excluding hydrogens is 186 g/mol. The molecule has 90 valence electrons. The van der Waals surface area contributed by atoms with Gasteiger partial charge in [0, 0.05) is 6.54 Å². The average molecular weight is 213 g/mol. The van der Waals surface area contributed by atoms with E-state index < -0.39 is 0 Å². The van der Waals surface area contributed by atoms with E-state index in [2.05, 4.69) is 25.7 Å². The fourth-order valence-corrected chi connectivity index (χ4v) is 1.61. The molecule has 2 nitrogen and oxygen atoms in total. The zero-order chi connectivity index (χ0) is 11.5. The normalized spacial score (nSPS) is 13.1. The quantitative estimate of drug-likeness (QED) is 0.432. The minimum Gasteiger partial charge on any atom is -0.392 e. The van der Waals surface area contributed by atoms with Gasteiger partial charge in [0.25, 0.3) is 0 Å². The van der Waals surface area contributed by atoms with Crippen LogP contribution in [0.1, 0.15) is 46.0 Å². The number of unbranched alkanes of at least 4 members (excludes halogenated alkanes) is 3. The van der Waals surface area contributed by atoms with Gasteiger partial charge in [-0.1, -0.05) is 26.3 Å². The summed E-state index contributed by atoms with van der Waals surface area (Å²) in [5.74, 6) is 0.578. The Morgan fingerprint density at radius 2 is 2.00 bits per heavy atom. The van der Waals surface area contributed by atoms with E-state index in [9.17, 15) is 5.11 Å². The number of hydrogen-bond acceptors (Lipinski definition) is 2. The van der Waals surface area contributed by atoms with Crippen molar-refractivity contribution in [2.45, 2.75) is 52.1 Å². The molecule has 0 aromatic rings. The highest BCUT2D eigenvalue weighted by Gasteiger charge is 2.05. The van der Waals surface area contributed by atoms with Crippen molar-refractivity contribution in [3.8, 4) is 0 Å². The highest BCUT2D eigenvalue weighted by molar-refractivity contribution is 4.66. The number of hydrogen-bond donors (Lipinski definition) is 2. The van der Waals surface area contributed by atoms with Crippen molar-refractivity contribution in [1.29, 1.82) is 0 Å². The van der Waals surface area contributed by atoms with Crippen LogP contribution in [0.3, 0.4) is 0 Å². The van der Waals surface area contributed by atoms with Crippen LogP contribution < -0.4 is 5.32 Å². The summed E-state index contributed by atoms with van der Waals surface area (Å²) >= 11 is 0. The van der Waals surface area contributed by atoms with Crippen molar-refractivity contribution >= 4 is 0 Å². The molecule has 0 saturated carbocycles. The predicted octanol–water partition coefficient (Wildman–Crippen LogP) is 2.73. The lowest BCUT2D eigenvalue weighted by atomic mass is 10.1. The first kappa shape index (κ1) is 14.7. The molecule has 0 spiro atoms. The summed E-state index contributed by atoms with van der Waals surface area (Å²) in [6.45, 7) is 9.73. The summed E-state index contributed by atoms with van der Waals surface area (Å²) in [6, 6.07) is 0. The van der Waals surface area contributed by atoms with Gasteiger partial charge in [0.1, 0.15) is 0 Å². The number of aliphatic hydroxyl groups is 1. The standard InChI is InChI=1S/C13H27NO/c1-4-5-6-7-8-9-14-11-13(15)10-12(2)3/h4,12-15H,1,5-11H2,2-3H3. The summed E-state index contributed by atoms with van der Waals surface area (Å²) in [7, 11) is 0. The second kappa shape index (κ2) is 10.2. The third kappa shape index (κ3) is 11.6.